The van der Waals surface area contributed by atoms with E-state index in [0.717, 1.165) is 16.6 Å². The fourth-order valence-electron chi connectivity index (χ4n) is 2.93. The normalized spacial score (nSPS) is 12.7. The van der Waals surface area contributed by atoms with Gasteiger partial charge in [0.2, 0.25) is 0 Å². The van der Waals surface area contributed by atoms with Crippen LogP contribution in [0.15, 0.2) is 48.5 Å². The Kier molecular flexibility index (Phi) is 4.58. The second-order valence-corrected chi connectivity index (χ2v) is 6.72. The molecule has 0 aliphatic carbocycles. The van der Waals surface area contributed by atoms with Gasteiger partial charge in [-0.05, 0) is 48.7 Å². The maximum Gasteiger partial charge on any atom is 0.326 e. The standard InChI is InChI=1S/C19H19ClN2O2/c1-12(2)11-17(19(23)24)22-16-6-4-3-5-15(16)21-18(22)13-7-9-14(20)10-8-13/h3-10,12,17H,11H2,1-2H3,(H,23,24). The average Bonchev–Trinajstić information content (AvgIpc) is 2.92. The fourth-order valence-corrected chi connectivity index (χ4v) is 3.05. The zero-order chi connectivity index (χ0) is 17.3. The van der Waals surface area contributed by atoms with Crippen molar-refractivity contribution in [3.8, 4) is 11.4 Å². The van der Waals surface area contributed by atoms with Crippen molar-refractivity contribution in [2.45, 2.75) is 26.3 Å². The summed E-state index contributed by atoms with van der Waals surface area (Å²) in [5.41, 5.74) is 2.47. The largest absolute Gasteiger partial charge is 0.480 e. The lowest BCUT2D eigenvalue weighted by atomic mass is 10.0. The van der Waals surface area contributed by atoms with Crippen molar-refractivity contribution in [2.75, 3.05) is 0 Å². The highest BCUT2D eigenvalue weighted by atomic mass is 35.5. The van der Waals surface area contributed by atoms with E-state index in [1.807, 2.05) is 54.8 Å². The third-order valence-electron chi connectivity index (χ3n) is 3.99. The van der Waals surface area contributed by atoms with Gasteiger partial charge in [-0.1, -0.05) is 37.6 Å². The quantitative estimate of drug-likeness (QED) is 0.707. The molecule has 1 atom stereocenters. The number of aliphatic carboxylic acids is 1. The molecule has 124 valence electrons. The lowest BCUT2D eigenvalue weighted by Crippen LogP contribution is -2.21. The number of carboxylic acid groups (broad SMARTS) is 1. The molecule has 4 nitrogen and oxygen atoms in total. The van der Waals surface area contributed by atoms with Crippen LogP contribution in [-0.4, -0.2) is 20.6 Å². The Morgan fingerprint density at radius 3 is 2.46 bits per heavy atom. The predicted octanol–water partition coefficient (Wildman–Crippen LogP) is 5.03. The molecule has 0 amide bonds. The van der Waals surface area contributed by atoms with E-state index >= 15 is 0 Å². The molecule has 5 heteroatoms. The third-order valence-corrected chi connectivity index (χ3v) is 4.24. The molecule has 0 saturated heterocycles. The molecule has 0 spiro atoms. The number of halogens is 1. The molecule has 0 fully saturated rings. The topological polar surface area (TPSA) is 55.1 Å². The Bertz CT molecular complexity index is 869. The first-order valence-electron chi connectivity index (χ1n) is 7.93. The van der Waals surface area contributed by atoms with E-state index < -0.39 is 12.0 Å². The lowest BCUT2D eigenvalue weighted by Gasteiger charge is -2.20. The minimum atomic E-state index is -0.845. The maximum absolute atomic E-state index is 11.9. The molecule has 0 saturated carbocycles. The highest BCUT2D eigenvalue weighted by Crippen LogP contribution is 2.32. The predicted molar refractivity (Wildman–Crippen MR) is 96.3 cm³/mol. The lowest BCUT2D eigenvalue weighted by molar-refractivity contribution is -0.141. The molecule has 0 aliphatic rings. The van der Waals surface area contributed by atoms with Gasteiger partial charge >= 0.3 is 5.97 Å². The highest BCUT2D eigenvalue weighted by molar-refractivity contribution is 6.30. The number of fused-ring (bicyclic) bond motifs is 1. The van der Waals surface area contributed by atoms with E-state index in [9.17, 15) is 9.90 Å². The summed E-state index contributed by atoms with van der Waals surface area (Å²) >= 11 is 5.98. The summed E-state index contributed by atoms with van der Waals surface area (Å²) in [6, 6.07) is 14.3. The van der Waals surface area contributed by atoms with Gasteiger partial charge in [0, 0.05) is 10.6 Å². The van der Waals surface area contributed by atoms with Gasteiger partial charge in [-0.3, -0.25) is 0 Å². The second-order valence-electron chi connectivity index (χ2n) is 6.28. The van der Waals surface area contributed by atoms with Gasteiger partial charge < -0.3 is 9.67 Å². The van der Waals surface area contributed by atoms with Gasteiger partial charge in [0.1, 0.15) is 11.9 Å². The molecule has 1 heterocycles. The minimum Gasteiger partial charge on any atom is -0.480 e. The fraction of sp³-hybridized carbons (Fsp3) is 0.263. The molecular formula is C19H19ClN2O2. The molecule has 0 radical (unpaired) electrons. The second kappa shape index (κ2) is 6.65. The number of rotatable bonds is 5. The van der Waals surface area contributed by atoms with Crippen LogP contribution in [-0.2, 0) is 4.79 Å². The van der Waals surface area contributed by atoms with Gasteiger partial charge in [0.25, 0.3) is 0 Å². The van der Waals surface area contributed by atoms with Crippen LogP contribution in [0.2, 0.25) is 5.02 Å². The Morgan fingerprint density at radius 2 is 1.83 bits per heavy atom. The summed E-state index contributed by atoms with van der Waals surface area (Å²) in [5, 5.41) is 10.4. The van der Waals surface area contributed by atoms with Crippen LogP contribution < -0.4 is 0 Å². The van der Waals surface area contributed by atoms with Crippen molar-refractivity contribution in [3.05, 3.63) is 53.6 Å². The molecule has 1 aromatic heterocycles. The zero-order valence-corrected chi connectivity index (χ0v) is 14.4. The maximum atomic E-state index is 11.9. The van der Waals surface area contributed by atoms with Crippen molar-refractivity contribution < 1.29 is 9.90 Å². The molecular weight excluding hydrogens is 324 g/mol. The first kappa shape index (κ1) is 16.5. The molecule has 3 aromatic rings. The minimum absolute atomic E-state index is 0.255. The van der Waals surface area contributed by atoms with Crippen LogP contribution in [0.3, 0.4) is 0 Å². The van der Waals surface area contributed by atoms with Crippen molar-refractivity contribution in [1.29, 1.82) is 0 Å². The first-order chi connectivity index (χ1) is 11.5. The SMILES string of the molecule is CC(C)CC(C(=O)O)n1c(-c2ccc(Cl)cc2)nc2ccccc21. The summed E-state index contributed by atoms with van der Waals surface area (Å²) < 4.78 is 1.83. The summed E-state index contributed by atoms with van der Waals surface area (Å²) in [5.74, 6) is 0.0633. The van der Waals surface area contributed by atoms with Crippen LogP contribution in [0.4, 0.5) is 0 Å². The monoisotopic (exact) mass is 342 g/mol. The Balaban J connectivity index is 2.25. The number of hydrogen-bond acceptors (Lipinski definition) is 2. The van der Waals surface area contributed by atoms with Crippen LogP contribution >= 0.6 is 11.6 Å². The molecule has 2 aromatic carbocycles. The van der Waals surface area contributed by atoms with E-state index in [4.69, 9.17) is 11.6 Å². The van der Waals surface area contributed by atoms with Gasteiger partial charge in [-0.2, -0.15) is 0 Å². The van der Waals surface area contributed by atoms with Gasteiger partial charge in [-0.15, -0.1) is 0 Å². The van der Waals surface area contributed by atoms with Crippen molar-refractivity contribution in [2.24, 2.45) is 5.92 Å². The molecule has 1 N–H and O–H groups in total. The number of aromatic nitrogens is 2. The van der Waals surface area contributed by atoms with Crippen LogP contribution in [0, 0.1) is 5.92 Å². The van der Waals surface area contributed by atoms with Crippen molar-refractivity contribution >= 4 is 28.6 Å². The Morgan fingerprint density at radius 1 is 1.17 bits per heavy atom. The molecule has 1 unspecified atom stereocenters. The number of carboxylic acids is 1. The van der Waals surface area contributed by atoms with Gasteiger partial charge in [0.05, 0.1) is 11.0 Å². The summed E-state index contributed by atoms with van der Waals surface area (Å²) in [4.78, 5) is 16.6. The van der Waals surface area contributed by atoms with E-state index in [-0.39, 0.29) is 5.92 Å². The van der Waals surface area contributed by atoms with E-state index in [2.05, 4.69) is 4.98 Å². The number of nitrogens with zero attached hydrogens (tertiary/aromatic N) is 2. The van der Waals surface area contributed by atoms with Gasteiger partial charge in [0.15, 0.2) is 0 Å². The number of hydrogen-bond donors (Lipinski definition) is 1. The number of imidazole rings is 1. The number of carbonyl (C=O) groups is 1. The van der Waals surface area contributed by atoms with Crippen molar-refractivity contribution in [3.63, 3.8) is 0 Å². The van der Waals surface area contributed by atoms with E-state index in [1.54, 1.807) is 12.1 Å². The number of para-hydroxylation sites is 2. The van der Waals surface area contributed by atoms with Gasteiger partial charge in [-0.25, -0.2) is 9.78 Å². The summed E-state index contributed by atoms with van der Waals surface area (Å²) in [6.45, 7) is 4.05. The third kappa shape index (κ3) is 3.15. The average molecular weight is 343 g/mol. The number of benzene rings is 2. The Labute approximate surface area is 145 Å². The van der Waals surface area contributed by atoms with Crippen LogP contribution in [0.1, 0.15) is 26.3 Å². The van der Waals surface area contributed by atoms with Crippen LogP contribution in [0.5, 0.6) is 0 Å². The molecule has 3 rings (SSSR count). The first-order valence-corrected chi connectivity index (χ1v) is 8.31. The van der Waals surface area contributed by atoms with Crippen molar-refractivity contribution in [1.82, 2.24) is 9.55 Å². The van der Waals surface area contributed by atoms with Crippen LogP contribution in [0.25, 0.3) is 22.4 Å². The summed E-state index contributed by atoms with van der Waals surface area (Å²) in [6.07, 6.45) is 0.538. The Hall–Kier alpha value is -2.33. The van der Waals surface area contributed by atoms with E-state index in [1.165, 1.54) is 0 Å². The zero-order valence-electron chi connectivity index (χ0n) is 13.6. The molecule has 24 heavy (non-hydrogen) atoms. The molecule has 0 aliphatic heterocycles. The smallest absolute Gasteiger partial charge is 0.326 e. The summed E-state index contributed by atoms with van der Waals surface area (Å²) in [7, 11) is 0. The van der Waals surface area contributed by atoms with E-state index in [0.29, 0.717) is 17.3 Å². The highest BCUT2D eigenvalue weighted by Gasteiger charge is 2.26. The molecule has 0 bridgehead atoms.